The summed E-state index contributed by atoms with van der Waals surface area (Å²) in [5.74, 6) is 0. The molecule has 1 N–H and O–H groups in total. The summed E-state index contributed by atoms with van der Waals surface area (Å²) in [6, 6.07) is 18.3. The molecule has 0 aliphatic carbocycles. The smallest absolute Gasteiger partial charge is 0.261 e. The van der Waals surface area contributed by atoms with Crippen LogP contribution in [-0.2, 0) is 23.5 Å². The fourth-order valence-corrected chi connectivity index (χ4v) is 3.67. The predicted molar refractivity (Wildman–Crippen MR) is 96.6 cm³/mol. The van der Waals surface area contributed by atoms with Gasteiger partial charge in [-0.05, 0) is 42.8 Å². The largest absolute Gasteiger partial charge is 0.354 e. The molecule has 0 saturated heterocycles. The first-order valence-corrected chi connectivity index (χ1v) is 9.21. The Morgan fingerprint density at radius 1 is 0.958 bits per heavy atom. The average Bonchev–Trinajstić information content (AvgIpc) is 2.94. The first-order valence-electron chi connectivity index (χ1n) is 7.73. The average molecular weight is 340 g/mol. The van der Waals surface area contributed by atoms with Crippen LogP contribution in [0.5, 0.6) is 0 Å². The van der Waals surface area contributed by atoms with E-state index in [-0.39, 0.29) is 4.90 Å². The highest BCUT2D eigenvalue weighted by atomic mass is 32.2. The Balaban J connectivity index is 1.90. The second kappa shape index (κ2) is 6.53. The van der Waals surface area contributed by atoms with Crippen molar-refractivity contribution in [3.8, 4) is 0 Å². The van der Waals surface area contributed by atoms with Crippen LogP contribution < -0.4 is 4.72 Å². The number of hydrogen-bond donors (Lipinski definition) is 1. The van der Waals surface area contributed by atoms with Crippen LogP contribution in [0.4, 0.5) is 5.69 Å². The summed E-state index contributed by atoms with van der Waals surface area (Å²) in [4.78, 5) is 0.266. The molecule has 4 nitrogen and oxygen atoms in total. The Labute approximate surface area is 142 Å². The van der Waals surface area contributed by atoms with Gasteiger partial charge >= 0.3 is 0 Å². The highest BCUT2D eigenvalue weighted by molar-refractivity contribution is 7.92. The molecule has 0 unspecified atom stereocenters. The minimum atomic E-state index is -3.60. The second-order valence-electron chi connectivity index (χ2n) is 5.86. The molecular formula is C19H20N2O2S. The van der Waals surface area contributed by atoms with E-state index in [2.05, 4.69) is 4.72 Å². The van der Waals surface area contributed by atoms with Gasteiger partial charge in [0, 0.05) is 25.4 Å². The lowest BCUT2D eigenvalue weighted by molar-refractivity contribution is 0.601. The van der Waals surface area contributed by atoms with Crippen molar-refractivity contribution in [1.29, 1.82) is 0 Å². The van der Waals surface area contributed by atoms with Crippen molar-refractivity contribution in [2.75, 3.05) is 4.72 Å². The van der Waals surface area contributed by atoms with E-state index >= 15 is 0 Å². The van der Waals surface area contributed by atoms with Crippen molar-refractivity contribution in [3.05, 3.63) is 83.7 Å². The van der Waals surface area contributed by atoms with Gasteiger partial charge in [-0.2, -0.15) is 0 Å². The van der Waals surface area contributed by atoms with Gasteiger partial charge in [-0.25, -0.2) is 8.42 Å². The first kappa shape index (κ1) is 16.3. The summed E-state index contributed by atoms with van der Waals surface area (Å²) in [6.07, 6.45) is 2.64. The Kier molecular flexibility index (Phi) is 4.44. The number of rotatable bonds is 5. The van der Waals surface area contributed by atoms with E-state index in [9.17, 15) is 8.42 Å². The molecule has 0 bridgehead atoms. The molecule has 0 aliphatic heterocycles. The SMILES string of the molecule is Cc1ccc(S(=O)(=O)Nc2ccccc2Cc2cccn2C)cc1. The van der Waals surface area contributed by atoms with Gasteiger partial charge in [0.1, 0.15) is 0 Å². The number of aryl methyl sites for hydroxylation is 2. The van der Waals surface area contributed by atoms with Gasteiger partial charge in [0.2, 0.25) is 0 Å². The molecule has 0 saturated carbocycles. The summed E-state index contributed by atoms with van der Waals surface area (Å²) in [5.41, 5.74) is 3.70. The van der Waals surface area contributed by atoms with Crippen LogP contribution in [-0.4, -0.2) is 13.0 Å². The number of aromatic nitrogens is 1. The van der Waals surface area contributed by atoms with Crippen LogP contribution in [0.3, 0.4) is 0 Å². The van der Waals surface area contributed by atoms with E-state index in [0.29, 0.717) is 12.1 Å². The lowest BCUT2D eigenvalue weighted by Gasteiger charge is -2.13. The molecule has 0 spiro atoms. The Bertz CT molecular complexity index is 942. The zero-order valence-electron chi connectivity index (χ0n) is 13.7. The zero-order valence-corrected chi connectivity index (χ0v) is 14.5. The van der Waals surface area contributed by atoms with E-state index in [0.717, 1.165) is 16.8 Å². The van der Waals surface area contributed by atoms with Crippen LogP contribution >= 0.6 is 0 Å². The van der Waals surface area contributed by atoms with Crippen molar-refractivity contribution >= 4 is 15.7 Å². The molecule has 0 fully saturated rings. The van der Waals surface area contributed by atoms with Crippen molar-refractivity contribution in [3.63, 3.8) is 0 Å². The van der Waals surface area contributed by atoms with E-state index in [1.165, 1.54) is 0 Å². The van der Waals surface area contributed by atoms with Gasteiger partial charge in [0.25, 0.3) is 10.0 Å². The number of para-hydroxylation sites is 1. The molecule has 0 amide bonds. The van der Waals surface area contributed by atoms with Crippen LogP contribution in [0.1, 0.15) is 16.8 Å². The molecule has 124 valence electrons. The van der Waals surface area contributed by atoms with Gasteiger partial charge in [-0.15, -0.1) is 0 Å². The molecule has 3 aromatic rings. The Hall–Kier alpha value is -2.53. The zero-order chi connectivity index (χ0) is 17.2. The number of nitrogens with one attached hydrogen (secondary N) is 1. The molecule has 1 aromatic heterocycles. The van der Waals surface area contributed by atoms with Gasteiger partial charge in [0.05, 0.1) is 10.6 Å². The molecule has 2 aromatic carbocycles. The summed E-state index contributed by atoms with van der Waals surface area (Å²) >= 11 is 0. The minimum Gasteiger partial charge on any atom is -0.354 e. The molecule has 0 radical (unpaired) electrons. The maximum Gasteiger partial charge on any atom is 0.261 e. The highest BCUT2D eigenvalue weighted by Gasteiger charge is 2.16. The summed E-state index contributed by atoms with van der Waals surface area (Å²) in [5, 5.41) is 0. The van der Waals surface area contributed by atoms with Crippen LogP contribution in [0, 0.1) is 6.92 Å². The van der Waals surface area contributed by atoms with Gasteiger partial charge in [-0.1, -0.05) is 35.9 Å². The number of hydrogen-bond acceptors (Lipinski definition) is 2. The fourth-order valence-electron chi connectivity index (χ4n) is 2.57. The third kappa shape index (κ3) is 3.51. The summed E-state index contributed by atoms with van der Waals surface area (Å²) in [6.45, 7) is 1.93. The summed E-state index contributed by atoms with van der Waals surface area (Å²) in [7, 11) is -1.62. The van der Waals surface area contributed by atoms with Crippen LogP contribution in [0.2, 0.25) is 0 Å². The minimum absolute atomic E-state index is 0.266. The van der Waals surface area contributed by atoms with Crippen molar-refractivity contribution in [2.45, 2.75) is 18.2 Å². The normalized spacial score (nSPS) is 11.4. The number of nitrogens with zero attached hydrogens (tertiary/aromatic N) is 1. The maximum atomic E-state index is 12.6. The van der Waals surface area contributed by atoms with E-state index in [4.69, 9.17) is 0 Å². The predicted octanol–water partition coefficient (Wildman–Crippen LogP) is 3.73. The van der Waals surface area contributed by atoms with Crippen molar-refractivity contribution in [1.82, 2.24) is 4.57 Å². The Morgan fingerprint density at radius 3 is 2.33 bits per heavy atom. The topological polar surface area (TPSA) is 51.1 Å². The monoisotopic (exact) mass is 340 g/mol. The molecular weight excluding hydrogens is 320 g/mol. The third-order valence-corrected chi connectivity index (χ3v) is 5.40. The quantitative estimate of drug-likeness (QED) is 0.769. The lowest BCUT2D eigenvalue weighted by atomic mass is 10.1. The number of sulfonamides is 1. The highest BCUT2D eigenvalue weighted by Crippen LogP contribution is 2.23. The molecule has 24 heavy (non-hydrogen) atoms. The number of anilines is 1. The standard InChI is InChI=1S/C19H20N2O2S/c1-15-9-11-18(12-10-15)24(22,23)20-19-8-4-3-6-16(19)14-17-7-5-13-21(17)2/h3-13,20H,14H2,1-2H3. The van der Waals surface area contributed by atoms with E-state index < -0.39 is 10.0 Å². The summed E-state index contributed by atoms with van der Waals surface area (Å²) < 4.78 is 30.0. The second-order valence-corrected chi connectivity index (χ2v) is 7.55. The lowest BCUT2D eigenvalue weighted by Crippen LogP contribution is -2.14. The Morgan fingerprint density at radius 2 is 1.67 bits per heavy atom. The third-order valence-electron chi connectivity index (χ3n) is 4.02. The molecule has 5 heteroatoms. The molecule has 0 aliphatic rings. The van der Waals surface area contributed by atoms with Gasteiger partial charge < -0.3 is 4.57 Å². The molecule has 0 atom stereocenters. The maximum absolute atomic E-state index is 12.6. The van der Waals surface area contributed by atoms with Gasteiger partial charge in [0.15, 0.2) is 0 Å². The number of benzene rings is 2. The van der Waals surface area contributed by atoms with E-state index in [1.807, 2.05) is 55.1 Å². The molecule has 1 heterocycles. The first-order chi connectivity index (χ1) is 11.5. The van der Waals surface area contributed by atoms with Crippen molar-refractivity contribution in [2.24, 2.45) is 7.05 Å². The molecule has 3 rings (SSSR count). The van der Waals surface area contributed by atoms with E-state index in [1.54, 1.807) is 30.3 Å². The fraction of sp³-hybridized carbons (Fsp3) is 0.158. The van der Waals surface area contributed by atoms with Crippen LogP contribution in [0.15, 0.2) is 71.8 Å². The van der Waals surface area contributed by atoms with Crippen molar-refractivity contribution < 1.29 is 8.42 Å². The van der Waals surface area contributed by atoms with Gasteiger partial charge in [-0.3, -0.25) is 4.72 Å². The van der Waals surface area contributed by atoms with Crippen LogP contribution in [0.25, 0.3) is 0 Å².